The van der Waals surface area contributed by atoms with Crippen molar-refractivity contribution in [1.29, 1.82) is 0 Å². The van der Waals surface area contributed by atoms with Crippen molar-refractivity contribution in [3.8, 4) is 11.5 Å². The number of ether oxygens (including phenoxy) is 3. The molecule has 3 rings (SSSR count). The Kier molecular flexibility index (Phi) is 7.80. The molecule has 1 aliphatic rings. The Labute approximate surface area is 206 Å². The summed E-state index contributed by atoms with van der Waals surface area (Å²) in [5.74, 6) is -1.52. The lowest BCUT2D eigenvalue weighted by Gasteiger charge is -2.13. The number of esters is 2. The van der Waals surface area contributed by atoms with Crippen LogP contribution in [0.1, 0.15) is 15.9 Å². The molecule has 0 spiro atoms. The Bertz CT molecular complexity index is 1150. The first-order valence-corrected chi connectivity index (χ1v) is 11.2. The van der Waals surface area contributed by atoms with Crippen molar-refractivity contribution in [2.24, 2.45) is 0 Å². The summed E-state index contributed by atoms with van der Waals surface area (Å²) in [4.78, 5) is 49.5. The van der Waals surface area contributed by atoms with Gasteiger partial charge in [0.25, 0.3) is 11.1 Å². The minimum Gasteiger partial charge on any atom is -0.493 e. The van der Waals surface area contributed by atoms with Gasteiger partial charge in [-0.25, -0.2) is 4.79 Å². The number of hydrogen-bond donors (Lipinski definition) is 0. The minimum absolute atomic E-state index is 0.137. The third-order valence-electron chi connectivity index (χ3n) is 4.23. The molecule has 2 amide bonds. The smallest absolute Gasteiger partial charge is 0.345 e. The lowest BCUT2D eigenvalue weighted by atomic mass is 10.1. The quantitative estimate of drug-likeness (QED) is 0.213. The average Bonchev–Trinajstić information content (AvgIpc) is 3.02. The predicted octanol–water partition coefficient (Wildman–Crippen LogP) is 4.38. The monoisotopic (exact) mass is 587 g/mol. The molecule has 0 aromatic heterocycles. The molecule has 11 heteroatoms. The lowest BCUT2D eigenvalue weighted by molar-refractivity contribution is -0.143. The van der Waals surface area contributed by atoms with Gasteiger partial charge in [-0.1, -0.05) is 23.7 Å². The molecular formula is C21H15ClINO7S. The second-order valence-corrected chi connectivity index (χ2v) is 8.81. The SMILES string of the molecule is COC(=O)CN1C(=O)S/C(=C\c2cc(I)c(OC(=O)c3ccccc3Cl)c(OC)c2)C1=O. The van der Waals surface area contributed by atoms with E-state index in [9.17, 15) is 19.2 Å². The van der Waals surface area contributed by atoms with Crippen molar-refractivity contribution >= 4 is 75.1 Å². The first-order valence-electron chi connectivity index (χ1n) is 8.91. The van der Waals surface area contributed by atoms with E-state index >= 15 is 0 Å². The van der Waals surface area contributed by atoms with Crippen LogP contribution in [0.3, 0.4) is 0 Å². The molecule has 32 heavy (non-hydrogen) atoms. The van der Waals surface area contributed by atoms with Gasteiger partial charge < -0.3 is 14.2 Å². The van der Waals surface area contributed by atoms with Crippen molar-refractivity contribution in [3.63, 3.8) is 0 Å². The fraction of sp³-hybridized carbons (Fsp3) is 0.143. The van der Waals surface area contributed by atoms with Crippen LogP contribution in [0.2, 0.25) is 5.02 Å². The Morgan fingerprint density at radius 1 is 1.19 bits per heavy atom. The third-order valence-corrected chi connectivity index (χ3v) is 6.26. The largest absolute Gasteiger partial charge is 0.493 e. The number of methoxy groups -OCH3 is 2. The molecule has 1 aliphatic heterocycles. The van der Waals surface area contributed by atoms with Crippen molar-refractivity contribution in [1.82, 2.24) is 4.90 Å². The van der Waals surface area contributed by atoms with Gasteiger partial charge in [0.1, 0.15) is 6.54 Å². The second kappa shape index (κ2) is 10.4. The number of hydrogen-bond acceptors (Lipinski definition) is 8. The first kappa shape index (κ1) is 24.1. The van der Waals surface area contributed by atoms with Crippen molar-refractivity contribution in [3.05, 3.63) is 61.0 Å². The van der Waals surface area contributed by atoms with Crippen molar-refractivity contribution in [2.45, 2.75) is 0 Å². The summed E-state index contributed by atoms with van der Waals surface area (Å²) in [7, 11) is 2.58. The molecule has 0 atom stereocenters. The van der Waals surface area contributed by atoms with E-state index in [2.05, 4.69) is 4.74 Å². The number of halogens is 2. The maximum Gasteiger partial charge on any atom is 0.345 e. The molecule has 0 N–H and O–H groups in total. The van der Waals surface area contributed by atoms with Gasteiger partial charge >= 0.3 is 11.9 Å². The summed E-state index contributed by atoms with van der Waals surface area (Å²) in [5.41, 5.74) is 0.739. The van der Waals surface area contributed by atoms with E-state index in [4.69, 9.17) is 21.1 Å². The highest BCUT2D eigenvalue weighted by Gasteiger charge is 2.36. The maximum absolute atomic E-state index is 12.5. The van der Waals surface area contributed by atoms with Crippen LogP contribution in [0.25, 0.3) is 6.08 Å². The first-order chi connectivity index (χ1) is 15.2. The zero-order valence-electron chi connectivity index (χ0n) is 16.7. The normalized spacial score (nSPS) is 14.6. The van der Waals surface area contributed by atoms with Crippen LogP contribution in [0.5, 0.6) is 11.5 Å². The van der Waals surface area contributed by atoms with E-state index in [-0.39, 0.29) is 27.0 Å². The van der Waals surface area contributed by atoms with Crippen LogP contribution in [-0.2, 0) is 14.3 Å². The summed E-state index contributed by atoms with van der Waals surface area (Å²) >= 11 is 8.74. The highest BCUT2D eigenvalue weighted by Crippen LogP contribution is 2.38. The van der Waals surface area contributed by atoms with E-state index < -0.39 is 29.6 Å². The summed E-state index contributed by atoms with van der Waals surface area (Å²) in [6.07, 6.45) is 1.49. The standard InChI is InChI=1S/C21H15ClINO7S/c1-29-15-8-11(9-16-19(26)24(21(28)32-16)10-17(25)30-2)7-14(23)18(15)31-20(27)12-5-3-4-6-13(12)22/h3-9H,10H2,1-2H3/b16-9-. The zero-order chi connectivity index (χ0) is 23.4. The number of amides is 2. The molecule has 0 radical (unpaired) electrons. The average molecular weight is 588 g/mol. The Morgan fingerprint density at radius 2 is 1.91 bits per heavy atom. The zero-order valence-corrected chi connectivity index (χ0v) is 20.4. The van der Waals surface area contributed by atoms with E-state index in [0.29, 0.717) is 20.9 Å². The number of carbonyl (C=O) groups excluding carboxylic acids is 4. The molecule has 2 aromatic rings. The van der Waals surface area contributed by atoms with Crippen LogP contribution in [-0.4, -0.2) is 48.7 Å². The van der Waals surface area contributed by atoms with Gasteiger partial charge in [0.05, 0.1) is 33.3 Å². The highest BCUT2D eigenvalue weighted by atomic mass is 127. The molecular weight excluding hydrogens is 573 g/mol. The van der Waals surface area contributed by atoms with Gasteiger partial charge in [0.15, 0.2) is 11.5 Å². The summed E-state index contributed by atoms with van der Waals surface area (Å²) in [5, 5.41) is -0.315. The molecule has 1 fully saturated rings. The van der Waals surface area contributed by atoms with Crippen molar-refractivity contribution < 1.29 is 33.4 Å². The van der Waals surface area contributed by atoms with Gasteiger partial charge in [-0.3, -0.25) is 19.3 Å². The summed E-state index contributed by atoms with van der Waals surface area (Å²) in [6.45, 7) is -0.462. The van der Waals surface area contributed by atoms with Gasteiger partial charge in [0, 0.05) is 0 Å². The van der Waals surface area contributed by atoms with E-state index in [1.54, 1.807) is 36.4 Å². The molecule has 1 saturated heterocycles. The topological polar surface area (TPSA) is 99.2 Å². The fourth-order valence-corrected chi connectivity index (χ4v) is 4.46. The molecule has 0 saturated carbocycles. The van der Waals surface area contributed by atoms with Crippen LogP contribution >= 0.6 is 46.0 Å². The Hall–Kier alpha value is -2.57. The number of rotatable bonds is 6. The number of thioether (sulfide) groups is 1. The van der Waals surface area contributed by atoms with Gasteiger partial charge in [-0.15, -0.1) is 0 Å². The fourth-order valence-electron chi connectivity index (χ4n) is 2.68. The third kappa shape index (κ3) is 5.25. The van der Waals surface area contributed by atoms with E-state index in [1.165, 1.54) is 20.3 Å². The van der Waals surface area contributed by atoms with Crippen LogP contribution in [0.4, 0.5) is 4.79 Å². The lowest BCUT2D eigenvalue weighted by Crippen LogP contribution is -2.34. The second-order valence-electron chi connectivity index (χ2n) is 6.25. The van der Waals surface area contributed by atoms with Gasteiger partial charge in [-0.2, -0.15) is 0 Å². The minimum atomic E-state index is -0.700. The van der Waals surface area contributed by atoms with Crippen LogP contribution < -0.4 is 9.47 Å². The van der Waals surface area contributed by atoms with Gasteiger partial charge in [-0.05, 0) is 70.3 Å². The van der Waals surface area contributed by atoms with E-state index in [1.807, 2.05) is 22.6 Å². The van der Waals surface area contributed by atoms with Crippen LogP contribution in [0, 0.1) is 3.57 Å². The molecule has 8 nitrogen and oxygen atoms in total. The molecule has 0 aliphatic carbocycles. The van der Waals surface area contributed by atoms with Crippen LogP contribution in [0.15, 0.2) is 41.3 Å². The number of carbonyl (C=O) groups is 4. The van der Waals surface area contributed by atoms with Gasteiger partial charge in [0.2, 0.25) is 0 Å². The predicted molar refractivity (Wildman–Crippen MR) is 127 cm³/mol. The molecule has 0 unspecified atom stereocenters. The molecule has 2 aromatic carbocycles. The number of imide groups is 1. The molecule has 166 valence electrons. The Balaban J connectivity index is 1.88. The summed E-state index contributed by atoms with van der Waals surface area (Å²) in [6, 6.07) is 9.71. The van der Waals surface area contributed by atoms with Crippen molar-refractivity contribution in [2.75, 3.05) is 20.8 Å². The molecule has 0 bridgehead atoms. The Morgan fingerprint density at radius 3 is 2.56 bits per heavy atom. The highest BCUT2D eigenvalue weighted by molar-refractivity contribution is 14.1. The van der Waals surface area contributed by atoms with E-state index in [0.717, 1.165) is 4.90 Å². The number of nitrogens with zero attached hydrogens (tertiary/aromatic N) is 1. The summed E-state index contributed by atoms with van der Waals surface area (Å²) < 4.78 is 15.9. The molecule has 1 heterocycles. The number of benzene rings is 2. The maximum atomic E-state index is 12.5.